The number of carbonyl (C=O) groups excluding carboxylic acids is 2. The molecule has 2 amide bonds. The molecule has 0 bridgehead atoms. The molecule has 7 heteroatoms. The van der Waals surface area contributed by atoms with Crippen LogP contribution in [0, 0.1) is 0 Å². The molecule has 1 aliphatic heterocycles. The van der Waals surface area contributed by atoms with Crippen molar-refractivity contribution in [3.8, 4) is 11.5 Å². The minimum absolute atomic E-state index is 0.0447. The van der Waals surface area contributed by atoms with Gasteiger partial charge in [0.1, 0.15) is 17.5 Å². The van der Waals surface area contributed by atoms with Crippen LogP contribution < -0.4 is 14.8 Å². The summed E-state index contributed by atoms with van der Waals surface area (Å²) < 4.78 is 16.4. The molecule has 7 nitrogen and oxygen atoms in total. The van der Waals surface area contributed by atoms with E-state index in [1.54, 1.807) is 26.2 Å². The number of ether oxygens (including phenoxy) is 3. The molecule has 0 aliphatic carbocycles. The predicted molar refractivity (Wildman–Crippen MR) is 117 cm³/mol. The van der Waals surface area contributed by atoms with Crippen molar-refractivity contribution < 1.29 is 23.8 Å². The van der Waals surface area contributed by atoms with Crippen LogP contribution in [0.4, 0.5) is 0 Å². The number of nitrogens with one attached hydrogen (secondary N) is 1. The van der Waals surface area contributed by atoms with Crippen molar-refractivity contribution in [3.05, 3.63) is 60.2 Å². The Morgan fingerprint density at radius 2 is 1.87 bits per heavy atom. The fraction of sp³-hybridized carbons (Fsp3) is 0.417. The standard InChI is InChI=1S/C24H30N2O5/c1-18(24(28)25-15-22-9-6-14-30-22)26(16-19-10-12-20(29-2)13-11-19)23(27)17-31-21-7-4-3-5-8-21/h3-5,7-8,10-13,18,22H,6,9,14-17H2,1-2H3,(H,25,28)/t18-,22+/m0/s1. The van der Waals surface area contributed by atoms with E-state index < -0.39 is 6.04 Å². The molecule has 1 fully saturated rings. The zero-order valence-corrected chi connectivity index (χ0v) is 18.1. The largest absolute Gasteiger partial charge is 0.497 e. The van der Waals surface area contributed by atoms with Gasteiger partial charge in [-0.15, -0.1) is 0 Å². The topological polar surface area (TPSA) is 77.1 Å². The highest BCUT2D eigenvalue weighted by atomic mass is 16.5. The maximum Gasteiger partial charge on any atom is 0.261 e. The molecule has 31 heavy (non-hydrogen) atoms. The van der Waals surface area contributed by atoms with E-state index in [1.807, 2.05) is 42.5 Å². The highest BCUT2D eigenvalue weighted by Crippen LogP contribution is 2.16. The summed E-state index contributed by atoms with van der Waals surface area (Å²) in [5.74, 6) is 0.864. The highest BCUT2D eigenvalue weighted by molar-refractivity contribution is 5.88. The summed E-state index contributed by atoms with van der Waals surface area (Å²) in [5.41, 5.74) is 0.896. The van der Waals surface area contributed by atoms with E-state index in [9.17, 15) is 9.59 Å². The van der Waals surface area contributed by atoms with E-state index in [-0.39, 0.29) is 31.1 Å². The lowest BCUT2D eigenvalue weighted by Gasteiger charge is -2.29. The van der Waals surface area contributed by atoms with Crippen LogP contribution in [0.2, 0.25) is 0 Å². The Kier molecular flexibility index (Phi) is 8.29. The molecule has 0 radical (unpaired) electrons. The van der Waals surface area contributed by atoms with E-state index in [0.717, 1.165) is 30.8 Å². The van der Waals surface area contributed by atoms with Gasteiger partial charge in [-0.25, -0.2) is 0 Å². The van der Waals surface area contributed by atoms with E-state index in [1.165, 1.54) is 4.90 Å². The lowest BCUT2D eigenvalue weighted by Crippen LogP contribution is -2.50. The molecule has 0 aromatic heterocycles. The average molecular weight is 427 g/mol. The number of nitrogens with zero attached hydrogens (tertiary/aromatic N) is 1. The number of amides is 2. The van der Waals surface area contributed by atoms with Crippen molar-refractivity contribution >= 4 is 11.8 Å². The van der Waals surface area contributed by atoms with Gasteiger partial charge in [-0.05, 0) is 49.6 Å². The molecule has 1 saturated heterocycles. The van der Waals surface area contributed by atoms with Crippen molar-refractivity contribution in [1.29, 1.82) is 0 Å². The maximum absolute atomic E-state index is 13.0. The van der Waals surface area contributed by atoms with Crippen LogP contribution in [0.15, 0.2) is 54.6 Å². The summed E-state index contributed by atoms with van der Waals surface area (Å²) in [5, 5.41) is 2.92. The average Bonchev–Trinajstić information content (AvgIpc) is 3.34. The minimum atomic E-state index is -0.657. The molecule has 2 aromatic carbocycles. The number of carbonyl (C=O) groups is 2. The Balaban J connectivity index is 1.66. The second-order valence-electron chi connectivity index (χ2n) is 7.53. The van der Waals surface area contributed by atoms with Crippen molar-refractivity contribution in [1.82, 2.24) is 10.2 Å². The Morgan fingerprint density at radius 1 is 1.13 bits per heavy atom. The Bertz CT molecular complexity index is 835. The summed E-state index contributed by atoms with van der Waals surface area (Å²) >= 11 is 0. The van der Waals surface area contributed by atoms with Crippen LogP contribution >= 0.6 is 0 Å². The van der Waals surface area contributed by atoms with Crippen molar-refractivity contribution in [3.63, 3.8) is 0 Å². The molecule has 2 aromatic rings. The number of hydrogen-bond donors (Lipinski definition) is 1. The molecular formula is C24H30N2O5. The van der Waals surface area contributed by atoms with E-state index in [4.69, 9.17) is 14.2 Å². The lowest BCUT2D eigenvalue weighted by atomic mass is 10.1. The Labute approximate surface area is 183 Å². The second kappa shape index (κ2) is 11.4. The zero-order chi connectivity index (χ0) is 22.1. The van der Waals surface area contributed by atoms with Gasteiger partial charge in [-0.3, -0.25) is 9.59 Å². The fourth-order valence-corrected chi connectivity index (χ4v) is 3.42. The summed E-state index contributed by atoms with van der Waals surface area (Å²) in [6, 6.07) is 15.9. The molecule has 1 N–H and O–H groups in total. The lowest BCUT2D eigenvalue weighted by molar-refractivity contribution is -0.142. The smallest absolute Gasteiger partial charge is 0.261 e. The quantitative estimate of drug-likeness (QED) is 0.632. The van der Waals surface area contributed by atoms with Crippen molar-refractivity contribution in [2.45, 2.75) is 38.5 Å². The maximum atomic E-state index is 13.0. The van der Waals surface area contributed by atoms with Crippen LogP contribution in [0.3, 0.4) is 0 Å². The van der Waals surface area contributed by atoms with Gasteiger partial charge < -0.3 is 24.4 Å². The van der Waals surface area contributed by atoms with Crippen molar-refractivity contribution in [2.75, 3.05) is 26.9 Å². The number of benzene rings is 2. The van der Waals surface area contributed by atoms with Gasteiger partial charge in [-0.2, -0.15) is 0 Å². The molecule has 1 heterocycles. The second-order valence-corrected chi connectivity index (χ2v) is 7.53. The Hall–Kier alpha value is -3.06. The molecule has 0 saturated carbocycles. The van der Waals surface area contributed by atoms with E-state index >= 15 is 0 Å². The monoisotopic (exact) mass is 426 g/mol. The first-order valence-corrected chi connectivity index (χ1v) is 10.6. The molecule has 0 spiro atoms. The fourth-order valence-electron chi connectivity index (χ4n) is 3.42. The van der Waals surface area contributed by atoms with Gasteiger partial charge >= 0.3 is 0 Å². The van der Waals surface area contributed by atoms with Gasteiger partial charge in [-0.1, -0.05) is 30.3 Å². The van der Waals surface area contributed by atoms with Crippen LogP contribution in [0.25, 0.3) is 0 Å². The third-order valence-corrected chi connectivity index (χ3v) is 5.31. The van der Waals surface area contributed by atoms with Gasteiger partial charge in [0.05, 0.1) is 13.2 Å². The first-order chi connectivity index (χ1) is 15.1. The number of para-hydroxylation sites is 1. The summed E-state index contributed by atoms with van der Waals surface area (Å²) in [7, 11) is 1.60. The summed E-state index contributed by atoms with van der Waals surface area (Å²) in [4.78, 5) is 27.3. The number of hydrogen-bond acceptors (Lipinski definition) is 5. The first kappa shape index (κ1) is 22.6. The highest BCUT2D eigenvalue weighted by Gasteiger charge is 2.27. The van der Waals surface area contributed by atoms with Crippen LogP contribution in [0.5, 0.6) is 11.5 Å². The third kappa shape index (κ3) is 6.72. The molecular weight excluding hydrogens is 396 g/mol. The zero-order valence-electron chi connectivity index (χ0n) is 18.1. The normalized spacial score (nSPS) is 16.4. The van der Waals surface area contributed by atoms with Crippen molar-refractivity contribution in [2.24, 2.45) is 0 Å². The first-order valence-electron chi connectivity index (χ1n) is 10.6. The molecule has 166 valence electrons. The van der Waals surface area contributed by atoms with Crippen LogP contribution in [-0.2, 0) is 20.9 Å². The molecule has 0 unspecified atom stereocenters. The van der Waals surface area contributed by atoms with Gasteiger partial charge in [0.15, 0.2) is 6.61 Å². The van der Waals surface area contributed by atoms with E-state index in [0.29, 0.717) is 12.3 Å². The molecule has 3 rings (SSSR count). The Morgan fingerprint density at radius 3 is 2.52 bits per heavy atom. The van der Waals surface area contributed by atoms with Crippen LogP contribution in [0.1, 0.15) is 25.3 Å². The summed E-state index contributed by atoms with van der Waals surface area (Å²) in [6.45, 7) is 3.05. The van der Waals surface area contributed by atoms with Crippen LogP contribution in [-0.4, -0.2) is 55.7 Å². The molecule has 1 aliphatic rings. The SMILES string of the molecule is COc1ccc(CN(C(=O)COc2ccccc2)[C@@H](C)C(=O)NC[C@H]2CCCO2)cc1. The third-order valence-electron chi connectivity index (χ3n) is 5.31. The van der Waals surface area contributed by atoms with E-state index in [2.05, 4.69) is 5.32 Å². The number of rotatable bonds is 10. The molecule has 2 atom stereocenters. The number of methoxy groups -OCH3 is 1. The summed E-state index contributed by atoms with van der Waals surface area (Å²) in [6.07, 6.45) is 1.99. The van der Waals surface area contributed by atoms with Gasteiger partial charge in [0, 0.05) is 19.7 Å². The van der Waals surface area contributed by atoms with Gasteiger partial charge in [0.25, 0.3) is 5.91 Å². The van der Waals surface area contributed by atoms with Gasteiger partial charge in [0.2, 0.25) is 5.91 Å². The minimum Gasteiger partial charge on any atom is -0.497 e. The predicted octanol–water partition coefficient (Wildman–Crippen LogP) is 2.79.